The van der Waals surface area contributed by atoms with Crippen LogP contribution < -0.4 is 42.1 Å². The van der Waals surface area contributed by atoms with Crippen molar-refractivity contribution < 1.29 is 51.4 Å². The number of rotatable bonds is 33. The number of ether oxygens (including phenoxy) is 3. The van der Waals surface area contributed by atoms with Crippen molar-refractivity contribution in [3.63, 3.8) is 0 Å². The third-order valence-electron chi connectivity index (χ3n) is 15.2. The fraction of sp³-hybridized carbons (Fsp3) is 0.391. The normalized spacial score (nSPS) is 12.3. The van der Waals surface area contributed by atoms with Crippen molar-refractivity contribution in [2.24, 2.45) is 0 Å². The van der Waals surface area contributed by atoms with Gasteiger partial charge in [0.05, 0.1) is 17.5 Å². The standard InChI is InChI=1S/C69H86N10O12S/c1-9-22-56(76-67(86)91-68(5,6)7)64(84)72-35-21-40-90-39-20-34-71-60(81)32-31-59(80)70-33-19-37-78-46-55(63(83)74-45-57(65(85)89-8)77-92(87,88)62-48(3)41-47(2)42-49(62)4)61(82)54-30-29-50(43-58(54)78)44-75-66-73-36-38-79(66)69(51-23-13-10-14-24-51,52-25-15-11-16-26-52)53-27-17-12-18-28-53/h10-18,23-30,36,38,41-43,46,56-57,77H,9,19-22,31-35,37,39-40,44-45H2,1-8H3,(H,70,80)(H,71,81)(H,72,84)(H,73,75)(H,74,83)(H,76,86)/t56?,57-/m0/s1. The summed E-state index contributed by atoms with van der Waals surface area (Å²) < 4.78 is 49.7. The number of benzene rings is 5. The summed E-state index contributed by atoms with van der Waals surface area (Å²) in [6, 6.07) is 37.0. The summed E-state index contributed by atoms with van der Waals surface area (Å²) in [5.74, 6) is -2.24. The number of hydrogen-bond acceptors (Lipinski definition) is 14. The van der Waals surface area contributed by atoms with Crippen LogP contribution in [0.2, 0.25) is 0 Å². The molecular weight excluding hydrogens is 1190 g/mol. The largest absolute Gasteiger partial charge is 0.468 e. The Bertz CT molecular complexity index is 3720. The van der Waals surface area contributed by atoms with Gasteiger partial charge < -0.3 is 50.7 Å². The first-order valence-corrected chi connectivity index (χ1v) is 32.5. The fourth-order valence-corrected chi connectivity index (χ4v) is 12.7. The molecule has 0 aliphatic heterocycles. The van der Waals surface area contributed by atoms with Gasteiger partial charge in [0.15, 0.2) is 0 Å². The van der Waals surface area contributed by atoms with Crippen LogP contribution in [-0.4, -0.2) is 122 Å². The Balaban J connectivity index is 1.00. The number of sulfonamides is 1. The van der Waals surface area contributed by atoms with Crippen LogP contribution >= 0.6 is 0 Å². The quantitative estimate of drug-likeness (QED) is 0.0117. The van der Waals surface area contributed by atoms with Gasteiger partial charge in [-0.1, -0.05) is 128 Å². The molecule has 1 unspecified atom stereocenters. The number of fused-ring (bicyclic) bond motifs is 1. The van der Waals surface area contributed by atoms with Crippen LogP contribution in [0.4, 0.5) is 10.7 Å². The minimum Gasteiger partial charge on any atom is -0.468 e. The molecule has 0 aliphatic rings. The van der Waals surface area contributed by atoms with Crippen molar-refractivity contribution in [3.8, 4) is 0 Å². The van der Waals surface area contributed by atoms with E-state index >= 15 is 0 Å². The van der Waals surface area contributed by atoms with E-state index in [-0.39, 0.29) is 66.0 Å². The number of alkyl carbamates (subject to hydrolysis) is 1. The average molecular weight is 1280 g/mol. The first-order valence-electron chi connectivity index (χ1n) is 31.0. The molecule has 7 rings (SSSR count). The van der Waals surface area contributed by atoms with Crippen LogP contribution in [0, 0.1) is 20.8 Å². The summed E-state index contributed by atoms with van der Waals surface area (Å²) >= 11 is 0. The lowest BCUT2D eigenvalue weighted by Crippen LogP contribution is -2.49. The Morgan fingerprint density at radius 3 is 1.82 bits per heavy atom. The topological polar surface area (TPSA) is 288 Å². The van der Waals surface area contributed by atoms with E-state index in [9.17, 15) is 42.0 Å². The maximum atomic E-state index is 14.5. The fourth-order valence-electron chi connectivity index (χ4n) is 11.1. The number of nitrogens with zero attached hydrogens (tertiary/aromatic N) is 3. The summed E-state index contributed by atoms with van der Waals surface area (Å²) in [7, 11) is -3.22. The number of anilines is 1. The molecule has 2 heterocycles. The second-order valence-electron chi connectivity index (χ2n) is 23.5. The molecule has 22 nitrogen and oxygen atoms in total. The molecule has 0 bridgehead atoms. The summed E-state index contributed by atoms with van der Waals surface area (Å²) in [6.45, 7) is 13.8. The SMILES string of the molecule is CCCC(NC(=O)OC(C)(C)C)C(=O)NCCCOCCCNC(=O)CCC(=O)NCCCn1cc(C(=O)NC[C@H](NS(=O)(=O)c2c(C)cc(C)cc2C)C(=O)OC)c(=O)c2ccc(CNc3nccn3C(c3ccccc3)(c3ccccc3)c3ccccc3)cc21. The van der Waals surface area contributed by atoms with Gasteiger partial charge in [-0.05, 0) is 113 Å². The van der Waals surface area contributed by atoms with E-state index in [0.717, 1.165) is 34.9 Å². The van der Waals surface area contributed by atoms with Gasteiger partial charge in [0.1, 0.15) is 28.8 Å². The Kier molecular flexibility index (Phi) is 25.4. The molecule has 2 atom stereocenters. The second-order valence-corrected chi connectivity index (χ2v) is 25.1. The molecule has 23 heteroatoms. The highest BCUT2D eigenvalue weighted by molar-refractivity contribution is 7.89. The van der Waals surface area contributed by atoms with E-state index < -0.39 is 63.2 Å². The van der Waals surface area contributed by atoms with Crippen molar-refractivity contribution in [2.75, 3.05) is 51.8 Å². The van der Waals surface area contributed by atoms with Gasteiger partial charge in [0, 0.05) is 89.3 Å². The van der Waals surface area contributed by atoms with Crippen molar-refractivity contribution in [3.05, 3.63) is 195 Å². The van der Waals surface area contributed by atoms with Crippen LogP contribution in [0.15, 0.2) is 150 Å². The number of carbonyl (C=O) groups is 6. The van der Waals surface area contributed by atoms with Gasteiger partial charge in [0.25, 0.3) is 5.91 Å². The molecule has 5 aromatic carbocycles. The highest BCUT2D eigenvalue weighted by atomic mass is 32.2. The van der Waals surface area contributed by atoms with Gasteiger partial charge in [0.2, 0.25) is 39.1 Å². The number of carbonyl (C=O) groups excluding carboxylic acids is 6. The number of aryl methyl sites for hydroxylation is 4. The smallest absolute Gasteiger partial charge is 0.408 e. The lowest BCUT2D eigenvalue weighted by Gasteiger charge is -2.38. The van der Waals surface area contributed by atoms with Crippen molar-refractivity contribution >= 4 is 62.6 Å². The van der Waals surface area contributed by atoms with Crippen molar-refractivity contribution in [1.29, 1.82) is 0 Å². The molecule has 0 saturated carbocycles. The third kappa shape index (κ3) is 19.0. The molecule has 7 aromatic rings. The average Bonchev–Trinajstić information content (AvgIpc) is 1.22. The van der Waals surface area contributed by atoms with Crippen molar-refractivity contribution in [1.82, 2.24) is 45.4 Å². The molecule has 0 fully saturated rings. The highest BCUT2D eigenvalue weighted by Gasteiger charge is 2.40. The first kappa shape index (κ1) is 70.3. The molecule has 92 heavy (non-hydrogen) atoms. The molecule has 0 spiro atoms. The van der Waals surface area contributed by atoms with E-state index in [1.165, 1.54) is 6.20 Å². The predicted octanol–water partition coefficient (Wildman–Crippen LogP) is 7.83. The Morgan fingerprint density at radius 2 is 1.26 bits per heavy atom. The predicted molar refractivity (Wildman–Crippen MR) is 352 cm³/mol. The van der Waals surface area contributed by atoms with E-state index in [1.54, 1.807) is 69.6 Å². The summed E-state index contributed by atoms with van der Waals surface area (Å²) in [5, 5.41) is 17.5. The van der Waals surface area contributed by atoms with Crippen LogP contribution in [-0.2, 0) is 62.0 Å². The van der Waals surface area contributed by atoms with Gasteiger partial charge in [-0.15, -0.1) is 0 Å². The van der Waals surface area contributed by atoms with E-state index in [1.807, 2.05) is 80.7 Å². The van der Waals surface area contributed by atoms with Crippen LogP contribution in [0.1, 0.15) is 122 Å². The third-order valence-corrected chi connectivity index (χ3v) is 16.9. The number of pyridine rings is 1. The van der Waals surface area contributed by atoms with E-state index in [2.05, 4.69) is 77.6 Å². The number of amides is 5. The zero-order valence-corrected chi connectivity index (χ0v) is 54.5. The minimum atomic E-state index is -4.32. The summed E-state index contributed by atoms with van der Waals surface area (Å²) in [4.78, 5) is 97.3. The number of nitrogens with one attached hydrogen (secondary N) is 7. The number of hydrogen-bond donors (Lipinski definition) is 7. The highest BCUT2D eigenvalue weighted by Crippen LogP contribution is 2.42. The monoisotopic (exact) mass is 1280 g/mol. The molecule has 7 N–H and O–H groups in total. The Morgan fingerprint density at radius 1 is 0.696 bits per heavy atom. The van der Waals surface area contributed by atoms with E-state index in [4.69, 9.17) is 19.2 Å². The Labute approximate surface area is 538 Å². The minimum absolute atomic E-state index is 0.0135. The molecule has 2 aromatic heterocycles. The van der Waals surface area contributed by atoms with E-state index in [0.29, 0.717) is 81.0 Å². The first-order chi connectivity index (χ1) is 44.1. The summed E-state index contributed by atoms with van der Waals surface area (Å²) in [6.07, 6.45) is 6.87. The maximum Gasteiger partial charge on any atom is 0.408 e. The zero-order valence-electron chi connectivity index (χ0n) is 53.7. The number of esters is 1. The van der Waals surface area contributed by atoms with Gasteiger partial charge in [-0.2, -0.15) is 4.72 Å². The molecular formula is C69H86N10O12S. The molecule has 0 radical (unpaired) electrons. The van der Waals surface area contributed by atoms with Crippen LogP contribution in [0.25, 0.3) is 10.9 Å². The summed E-state index contributed by atoms with van der Waals surface area (Å²) in [5.41, 5.74) is 3.58. The molecule has 490 valence electrons. The lowest BCUT2D eigenvalue weighted by molar-refractivity contribution is -0.142. The van der Waals surface area contributed by atoms with Gasteiger partial charge in [-0.3, -0.25) is 33.3 Å². The lowest BCUT2D eigenvalue weighted by atomic mass is 9.76. The maximum absolute atomic E-state index is 14.5. The van der Waals surface area contributed by atoms with Crippen molar-refractivity contribution in [2.45, 2.75) is 135 Å². The Hall–Kier alpha value is -9.19. The van der Waals surface area contributed by atoms with Gasteiger partial charge in [-0.25, -0.2) is 18.2 Å². The zero-order chi connectivity index (χ0) is 66.4. The molecule has 0 aliphatic carbocycles. The van der Waals surface area contributed by atoms with Gasteiger partial charge >= 0.3 is 12.1 Å². The number of aromatic nitrogens is 3. The number of imidazole rings is 1. The van der Waals surface area contributed by atoms with Crippen LogP contribution in [0.3, 0.4) is 0 Å². The molecule has 5 amide bonds. The van der Waals surface area contributed by atoms with Crippen LogP contribution in [0.5, 0.6) is 0 Å². The molecule has 0 saturated heterocycles. The second kappa shape index (κ2) is 33.2. The number of methoxy groups -OCH3 is 1.